The first-order chi connectivity index (χ1) is 9.43. The summed E-state index contributed by atoms with van der Waals surface area (Å²) in [7, 11) is 0. The molecule has 1 aliphatic heterocycles. The molecule has 0 bridgehead atoms. The summed E-state index contributed by atoms with van der Waals surface area (Å²) in [6, 6.07) is 2.58. The monoisotopic (exact) mass is 298 g/mol. The third-order valence-electron chi connectivity index (χ3n) is 2.85. The highest BCUT2D eigenvalue weighted by Gasteiger charge is 2.31. The van der Waals surface area contributed by atoms with Crippen molar-refractivity contribution in [1.82, 2.24) is 4.90 Å². The number of amides is 2. The van der Waals surface area contributed by atoms with Gasteiger partial charge in [-0.05, 0) is 24.6 Å². The molecule has 0 aromatic heterocycles. The highest BCUT2D eigenvalue weighted by atomic mass is 35.5. The molecule has 0 saturated heterocycles. The van der Waals surface area contributed by atoms with E-state index in [0.29, 0.717) is 10.6 Å². The maximum atomic E-state index is 13.8. The Kier molecular flexibility index (Phi) is 4.06. The smallest absolute Gasteiger partial charge is 0.277 e. The molecule has 5 nitrogen and oxygen atoms in total. The zero-order valence-corrected chi connectivity index (χ0v) is 11.4. The van der Waals surface area contributed by atoms with Crippen LogP contribution in [0, 0.1) is 12.7 Å². The maximum absolute atomic E-state index is 13.8. The zero-order valence-electron chi connectivity index (χ0n) is 10.6. The quantitative estimate of drug-likeness (QED) is 0.825. The van der Waals surface area contributed by atoms with E-state index in [1.165, 1.54) is 12.1 Å². The Balaban J connectivity index is 2.23. The highest BCUT2D eigenvalue weighted by Crippen LogP contribution is 2.26. The predicted molar refractivity (Wildman–Crippen MR) is 71.7 cm³/mol. The van der Waals surface area contributed by atoms with E-state index in [4.69, 9.17) is 16.7 Å². The number of aliphatic hydroxyl groups is 1. The molecule has 7 heteroatoms. The van der Waals surface area contributed by atoms with E-state index in [1.807, 2.05) is 0 Å². The van der Waals surface area contributed by atoms with Gasteiger partial charge >= 0.3 is 0 Å². The molecule has 1 heterocycles. The average Bonchev–Trinajstić information content (AvgIpc) is 2.64. The first-order valence-corrected chi connectivity index (χ1v) is 6.23. The number of imide groups is 1. The molecular weight excluding hydrogens is 287 g/mol. The van der Waals surface area contributed by atoms with E-state index in [1.54, 1.807) is 6.92 Å². The van der Waals surface area contributed by atoms with Gasteiger partial charge < -0.3 is 10.4 Å². The Hall–Kier alpha value is -1.92. The number of carbonyl (C=O) groups excluding carboxylic acids is 2. The maximum Gasteiger partial charge on any atom is 0.277 e. The molecular formula is C13H12ClFN2O3. The number of hydrogen-bond donors (Lipinski definition) is 2. The molecule has 0 atom stereocenters. The molecule has 0 spiro atoms. The average molecular weight is 299 g/mol. The molecule has 20 heavy (non-hydrogen) atoms. The number of halogens is 2. The van der Waals surface area contributed by atoms with Crippen LogP contribution in [0.2, 0.25) is 5.02 Å². The first kappa shape index (κ1) is 14.5. The van der Waals surface area contributed by atoms with Crippen LogP contribution in [0.4, 0.5) is 10.1 Å². The zero-order chi connectivity index (χ0) is 14.9. The third-order valence-corrected chi connectivity index (χ3v) is 3.26. The number of aryl methyl sites for hydroxylation is 1. The fourth-order valence-corrected chi connectivity index (χ4v) is 1.96. The number of aliphatic hydroxyl groups excluding tert-OH is 1. The van der Waals surface area contributed by atoms with Gasteiger partial charge in [-0.25, -0.2) is 4.39 Å². The number of carbonyl (C=O) groups is 2. The number of anilines is 1. The second kappa shape index (κ2) is 5.60. The molecule has 0 unspecified atom stereocenters. The number of nitrogens with zero attached hydrogens (tertiary/aromatic N) is 1. The lowest BCUT2D eigenvalue weighted by atomic mass is 10.2. The summed E-state index contributed by atoms with van der Waals surface area (Å²) in [6.45, 7) is 1.22. The summed E-state index contributed by atoms with van der Waals surface area (Å²) < 4.78 is 13.8. The fraction of sp³-hybridized carbons (Fsp3) is 0.231. The van der Waals surface area contributed by atoms with E-state index in [9.17, 15) is 14.0 Å². The molecule has 0 aliphatic carbocycles. The van der Waals surface area contributed by atoms with Crippen LogP contribution in [0.3, 0.4) is 0 Å². The van der Waals surface area contributed by atoms with Gasteiger partial charge in [0.1, 0.15) is 11.5 Å². The molecule has 1 aromatic rings. The summed E-state index contributed by atoms with van der Waals surface area (Å²) in [5, 5.41) is 11.7. The van der Waals surface area contributed by atoms with Gasteiger partial charge in [0.25, 0.3) is 11.8 Å². The van der Waals surface area contributed by atoms with Crippen molar-refractivity contribution in [1.29, 1.82) is 0 Å². The Morgan fingerprint density at radius 3 is 2.75 bits per heavy atom. The minimum Gasteiger partial charge on any atom is -0.395 e. The second-order valence-electron chi connectivity index (χ2n) is 4.28. The molecule has 1 aromatic carbocycles. The van der Waals surface area contributed by atoms with Crippen LogP contribution in [-0.2, 0) is 9.59 Å². The van der Waals surface area contributed by atoms with Gasteiger partial charge in [-0.1, -0.05) is 11.6 Å². The van der Waals surface area contributed by atoms with Gasteiger partial charge in [0.2, 0.25) is 0 Å². The van der Waals surface area contributed by atoms with Crippen molar-refractivity contribution >= 4 is 29.1 Å². The topological polar surface area (TPSA) is 69.6 Å². The van der Waals surface area contributed by atoms with Crippen LogP contribution in [0.15, 0.2) is 23.9 Å². The van der Waals surface area contributed by atoms with Crippen LogP contribution >= 0.6 is 11.6 Å². The van der Waals surface area contributed by atoms with Crippen molar-refractivity contribution in [2.45, 2.75) is 6.92 Å². The van der Waals surface area contributed by atoms with Crippen LogP contribution in [0.5, 0.6) is 0 Å². The lowest BCUT2D eigenvalue weighted by molar-refractivity contribution is -0.137. The lowest BCUT2D eigenvalue weighted by Crippen LogP contribution is -2.34. The summed E-state index contributed by atoms with van der Waals surface area (Å²) in [4.78, 5) is 24.3. The molecule has 106 valence electrons. The van der Waals surface area contributed by atoms with Crippen molar-refractivity contribution in [2.24, 2.45) is 0 Å². The normalized spacial score (nSPS) is 14.8. The van der Waals surface area contributed by atoms with E-state index in [0.717, 1.165) is 11.0 Å². The van der Waals surface area contributed by atoms with Gasteiger partial charge in [-0.3, -0.25) is 14.5 Å². The number of β-amino-alcohol motifs (C(OH)–C–C–N with tert-alkyl or cyclic N) is 1. The van der Waals surface area contributed by atoms with Crippen molar-refractivity contribution in [3.05, 3.63) is 40.3 Å². The molecule has 2 rings (SSSR count). The summed E-state index contributed by atoms with van der Waals surface area (Å²) in [5.74, 6) is -1.74. The van der Waals surface area contributed by atoms with Crippen LogP contribution in [0.1, 0.15) is 5.56 Å². The van der Waals surface area contributed by atoms with Crippen LogP contribution < -0.4 is 5.32 Å². The van der Waals surface area contributed by atoms with Crippen molar-refractivity contribution in [3.63, 3.8) is 0 Å². The number of benzene rings is 1. The standard InChI is InChI=1S/C13H12ClFN2O3/c1-7-4-9(15)10(5-8(7)14)16-11-6-12(19)17(2-3-18)13(11)20/h4-6,16,18H,2-3H2,1H3. The Morgan fingerprint density at radius 2 is 2.10 bits per heavy atom. The largest absolute Gasteiger partial charge is 0.395 e. The predicted octanol–water partition coefficient (Wildman–Crippen LogP) is 1.44. The number of rotatable bonds is 4. The second-order valence-corrected chi connectivity index (χ2v) is 4.69. The molecule has 2 amide bonds. The Bertz CT molecular complexity index is 616. The van der Waals surface area contributed by atoms with Gasteiger partial charge in [0, 0.05) is 11.1 Å². The third kappa shape index (κ3) is 2.66. The fourth-order valence-electron chi connectivity index (χ4n) is 1.80. The van der Waals surface area contributed by atoms with Gasteiger partial charge in [-0.15, -0.1) is 0 Å². The molecule has 2 N–H and O–H groups in total. The van der Waals surface area contributed by atoms with Crippen LogP contribution in [-0.4, -0.2) is 35.0 Å². The van der Waals surface area contributed by atoms with Crippen molar-refractivity contribution < 1.29 is 19.1 Å². The Labute approximate surface area is 119 Å². The van der Waals surface area contributed by atoms with Crippen LogP contribution in [0.25, 0.3) is 0 Å². The van der Waals surface area contributed by atoms with Crippen molar-refractivity contribution in [2.75, 3.05) is 18.5 Å². The SMILES string of the molecule is Cc1cc(F)c(NC2=CC(=O)N(CCO)C2=O)cc1Cl. The van der Waals surface area contributed by atoms with Gasteiger partial charge in [0.15, 0.2) is 0 Å². The summed E-state index contributed by atoms with van der Waals surface area (Å²) in [6.07, 6.45) is 1.06. The van der Waals surface area contributed by atoms with Gasteiger partial charge in [0.05, 0.1) is 18.8 Å². The molecule has 1 aliphatic rings. The van der Waals surface area contributed by atoms with E-state index >= 15 is 0 Å². The van der Waals surface area contributed by atoms with E-state index < -0.39 is 17.6 Å². The highest BCUT2D eigenvalue weighted by molar-refractivity contribution is 6.31. The van der Waals surface area contributed by atoms with Crippen molar-refractivity contribution in [3.8, 4) is 0 Å². The summed E-state index contributed by atoms with van der Waals surface area (Å²) >= 11 is 5.89. The van der Waals surface area contributed by atoms with E-state index in [2.05, 4.69) is 5.32 Å². The first-order valence-electron chi connectivity index (χ1n) is 5.85. The minimum atomic E-state index is -0.611. The lowest BCUT2D eigenvalue weighted by Gasteiger charge is -2.14. The Morgan fingerprint density at radius 1 is 1.40 bits per heavy atom. The van der Waals surface area contributed by atoms with E-state index in [-0.39, 0.29) is 24.5 Å². The van der Waals surface area contributed by atoms with Gasteiger partial charge in [-0.2, -0.15) is 0 Å². The molecule has 0 fully saturated rings. The number of nitrogens with one attached hydrogen (secondary N) is 1. The summed E-state index contributed by atoms with van der Waals surface area (Å²) in [5.41, 5.74) is 0.528. The number of hydrogen-bond acceptors (Lipinski definition) is 4. The molecule has 0 saturated carbocycles. The minimum absolute atomic E-state index is 0.0128. The molecule has 0 radical (unpaired) electrons.